The van der Waals surface area contributed by atoms with Gasteiger partial charge in [-0.05, 0) is 68.3 Å². The fourth-order valence-corrected chi connectivity index (χ4v) is 14.6. The molecule has 0 spiro atoms. The van der Waals surface area contributed by atoms with Gasteiger partial charge >= 0.3 is 6.09 Å². The maximum Gasteiger partial charge on any atom is 0.410 e. The van der Waals surface area contributed by atoms with Gasteiger partial charge in [0.25, 0.3) is 0 Å². The number of benzene rings is 1. The van der Waals surface area contributed by atoms with Crippen LogP contribution in [0.5, 0.6) is 0 Å². The molecule has 0 radical (unpaired) electrons. The van der Waals surface area contributed by atoms with Gasteiger partial charge in [0.05, 0.1) is 0 Å². The number of likely N-dealkylation sites (tertiary alicyclic amines) is 1. The Balaban J connectivity index is 2.27. The molecule has 1 aliphatic rings. The molecule has 0 aliphatic carbocycles. The second kappa shape index (κ2) is 10.3. The van der Waals surface area contributed by atoms with Crippen LogP contribution in [-0.2, 0) is 4.74 Å². The molecule has 0 N–H and O–H groups in total. The molecule has 1 saturated heterocycles. The van der Waals surface area contributed by atoms with E-state index in [1.165, 1.54) is 0 Å². The minimum Gasteiger partial charge on any atom is -0.444 e. The van der Waals surface area contributed by atoms with E-state index in [1.807, 2.05) is 38.0 Å². The topological polar surface area (TPSA) is 29.5 Å². The van der Waals surface area contributed by atoms with Gasteiger partial charge in [-0.25, -0.2) is 9.18 Å². The summed E-state index contributed by atoms with van der Waals surface area (Å²) in [7, 11) is -1.78. The number of hydrogen-bond acceptors (Lipinski definition) is 3. The lowest BCUT2D eigenvalue weighted by Crippen LogP contribution is -2.42. The fourth-order valence-electron chi connectivity index (χ4n) is 5.22. The molecular formula is C25H42FNO2SSi. The van der Waals surface area contributed by atoms with Crippen LogP contribution in [0.3, 0.4) is 0 Å². The number of ether oxygens (including phenoxy) is 1. The Bertz CT molecular complexity index is 731. The van der Waals surface area contributed by atoms with Crippen LogP contribution < -0.4 is 0 Å². The molecule has 2 rings (SSSR count). The number of amides is 1. The molecule has 1 aromatic rings. The van der Waals surface area contributed by atoms with Crippen LogP contribution in [0.1, 0.15) is 86.6 Å². The Morgan fingerprint density at radius 3 is 2.03 bits per heavy atom. The number of carbonyl (C=O) groups excluding carboxylic acids is 1. The summed E-state index contributed by atoms with van der Waals surface area (Å²) in [4.78, 5) is 15.3. The van der Waals surface area contributed by atoms with E-state index in [2.05, 4.69) is 47.6 Å². The third-order valence-electron chi connectivity index (χ3n) is 6.56. The third-order valence-corrected chi connectivity index (χ3v) is 18.9. The Morgan fingerprint density at radius 1 is 1.06 bits per heavy atom. The Kier molecular flexibility index (Phi) is 8.71. The zero-order valence-electron chi connectivity index (χ0n) is 20.9. The summed E-state index contributed by atoms with van der Waals surface area (Å²) < 4.78 is 20.7. The zero-order valence-corrected chi connectivity index (χ0v) is 22.7. The first-order chi connectivity index (χ1) is 14.3. The maximum atomic E-state index is 15.2. The molecule has 0 saturated carbocycles. The molecular weight excluding hydrogens is 425 g/mol. The van der Waals surface area contributed by atoms with Crippen molar-refractivity contribution >= 4 is 24.5 Å². The van der Waals surface area contributed by atoms with Gasteiger partial charge in [0.2, 0.25) is 0 Å². The smallest absolute Gasteiger partial charge is 0.410 e. The molecule has 1 aliphatic heterocycles. The first kappa shape index (κ1) is 26.2. The number of carbonyl (C=O) groups is 1. The van der Waals surface area contributed by atoms with Gasteiger partial charge < -0.3 is 9.64 Å². The molecule has 0 bridgehead atoms. The minimum atomic E-state index is -1.78. The van der Waals surface area contributed by atoms with Gasteiger partial charge in [0.15, 0.2) is 0 Å². The van der Waals surface area contributed by atoms with Crippen LogP contribution in [0.25, 0.3) is 0 Å². The fraction of sp³-hybridized carbons (Fsp3) is 0.720. The Labute approximate surface area is 194 Å². The summed E-state index contributed by atoms with van der Waals surface area (Å²) in [5.41, 5.74) is 2.17. The molecule has 1 aromatic carbocycles. The second-order valence-electron chi connectivity index (χ2n) is 10.8. The third kappa shape index (κ3) is 6.07. The van der Waals surface area contributed by atoms with E-state index in [0.717, 1.165) is 23.3 Å². The van der Waals surface area contributed by atoms with Gasteiger partial charge in [0, 0.05) is 23.5 Å². The van der Waals surface area contributed by atoms with Crippen molar-refractivity contribution in [3.63, 3.8) is 0 Å². The van der Waals surface area contributed by atoms with Crippen LogP contribution in [-0.4, -0.2) is 36.9 Å². The minimum absolute atomic E-state index is 0.0973. The molecule has 176 valence electrons. The van der Waals surface area contributed by atoms with Crippen LogP contribution >= 0.6 is 11.2 Å². The van der Waals surface area contributed by atoms with E-state index < -0.39 is 12.8 Å². The summed E-state index contributed by atoms with van der Waals surface area (Å²) in [5, 5.41) is 0. The van der Waals surface area contributed by atoms with Crippen molar-refractivity contribution in [2.75, 3.05) is 13.1 Å². The predicted molar refractivity (Wildman–Crippen MR) is 133 cm³/mol. The summed E-state index contributed by atoms with van der Waals surface area (Å²) in [5.74, 6) is 0.0421. The highest BCUT2D eigenvalue weighted by atomic mass is 32.4. The van der Waals surface area contributed by atoms with Crippen molar-refractivity contribution in [2.24, 2.45) is 0 Å². The summed E-state index contributed by atoms with van der Waals surface area (Å²) in [6.45, 7) is 20.9. The SMILES string of the molecule is CC(C)[Si](Sc1cccc(F)c1C1CCN(C(=O)OC(C)(C)C)CC1)(C(C)C)C(C)C. The predicted octanol–water partition coefficient (Wildman–Crippen LogP) is 8.21. The van der Waals surface area contributed by atoms with Crippen LogP contribution in [0.15, 0.2) is 23.1 Å². The highest BCUT2D eigenvalue weighted by molar-refractivity contribution is 8.29. The standard InChI is InChI=1S/C25H42FNO2SSi/c1-17(2)31(18(3)4,19(5)6)30-22-12-10-11-21(26)23(22)20-13-15-27(16-14-20)24(28)29-25(7,8)9/h10-12,17-20H,13-16H2,1-9H3. The first-order valence-electron chi connectivity index (χ1n) is 11.7. The average Bonchev–Trinajstić information content (AvgIpc) is 2.64. The molecule has 3 nitrogen and oxygen atoms in total. The largest absolute Gasteiger partial charge is 0.444 e. The highest BCUT2D eigenvalue weighted by Crippen LogP contribution is 2.53. The van der Waals surface area contributed by atoms with Crippen LogP contribution in [0, 0.1) is 5.82 Å². The van der Waals surface area contributed by atoms with E-state index in [-0.39, 0.29) is 17.8 Å². The van der Waals surface area contributed by atoms with E-state index in [0.29, 0.717) is 29.7 Å². The second-order valence-corrected chi connectivity index (χ2v) is 19.4. The van der Waals surface area contributed by atoms with Gasteiger partial charge in [-0.1, -0.05) is 47.6 Å². The first-order valence-corrected chi connectivity index (χ1v) is 15.5. The van der Waals surface area contributed by atoms with Crippen molar-refractivity contribution in [2.45, 2.75) is 108 Å². The van der Waals surface area contributed by atoms with Crippen molar-refractivity contribution in [1.82, 2.24) is 4.90 Å². The van der Waals surface area contributed by atoms with E-state index >= 15 is 4.39 Å². The lowest BCUT2D eigenvalue weighted by molar-refractivity contribution is 0.0204. The zero-order chi connectivity index (χ0) is 23.6. The van der Waals surface area contributed by atoms with Crippen LogP contribution in [0.4, 0.5) is 9.18 Å². The summed E-state index contributed by atoms with van der Waals surface area (Å²) in [6, 6.07) is 5.58. The molecule has 0 unspecified atom stereocenters. The Morgan fingerprint density at radius 2 is 1.58 bits per heavy atom. The molecule has 1 amide bonds. The van der Waals surface area contributed by atoms with Crippen molar-refractivity contribution in [3.8, 4) is 0 Å². The number of rotatable bonds is 6. The lowest BCUT2D eigenvalue weighted by Gasteiger charge is -2.43. The van der Waals surface area contributed by atoms with Gasteiger partial charge in [-0.15, -0.1) is 11.2 Å². The molecule has 1 fully saturated rings. The molecule has 6 heteroatoms. The average molecular weight is 468 g/mol. The number of halogens is 1. The van der Waals surface area contributed by atoms with Crippen LogP contribution in [0.2, 0.25) is 16.6 Å². The van der Waals surface area contributed by atoms with Crippen molar-refractivity contribution < 1.29 is 13.9 Å². The van der Waals surface area contributed by atoms with E-state index in [1.54, 1.807) is 11.0 Å². The molecule has 0 atom stereocenters. The number of nitrogens with zero attached hydrogens (tertiary/aromatic N) is 1. The molecule has 1 heterocycles. The maximum absolute atomic E-state index is 15.2. The number of piperidine rings is 1. The Hall–Kier alpha value is -1.01. The van der Waals surface area contributed by atoms with Gasteiger partial charge in [-0.2, -0.15) is 0 Å². The van der Waals surface area contributed by atoms with Crippen molar-refractivity contribution in [3.05, 3.63) is 29.6 Å². The van der Waals surface area contributed by atoms with Gasteiger partial charge in [-0.3, -0.25) is 0 Å². The summed E-state index contributed by atoms with van der Waals surface area (Å²) in [6.07, 6.45) is 1.28. The normalized spacial score (nSPS) is 16.5. The summed E-state index contributed by atoms with van der Waals surface area (Å²) >= 11 is 2.00. The van der Waals surface area contributed by atoms with E-state index in [9.17, 15) is 4.79 Å². The quantitative estimate of drug-likeness (QED) is 0.395. The number of hydrogen-bond donors (Lipinski definition) is 0. The van der Waals surface area contributed by atoms with Gasteiger partial charge in [0.1, 0.15) is 18.6 Å². The molecule has 31 heavy (non-hydrogen) atoms. The monoisotopic (exact) mass is 467 g/mol. The van der Waals surface area contributed by atoms with Crippen molar-refractivity contribution in [1.29, 1.82) is 0 Å². The highest BCUT2D eigenvalue weighted by Gasteiger charge is 2.45. The lowest BCUT2D eigenvalue weighted by atomic mass is 9.89. The van der Waals surface area contributed by atoms with E-state index in [4.69, 9.17) is 4.74 Å². The molecule has 0 aromatic heterocycles.